The highest BCUT2D eigenvalue weighted by molar-refractivity contribution is 6.00. The molecule has 27 heteroatoms. The maximum absolute atomic E-state index is 15.5. The number of likely N-dealkylation sites (N-methyl/N-ethyl adjacent to an activating group) is 6. The van der Waals surface area contributed by atoms with Crippen molar-refractivity contribution in [3.8, 4) is 0 Å². The third kappa shape index (κ3) is 24.5. The number of amides is 12. The Morgan fingerprint density at radius 3 is 1.57 bits per heavy atom. The fraction of sp³-hybridized carbons (Fsp3) is 0.689. The van der Waals surface area contributed by atoms with E-state index in [4.69, 9.17) is 0 Å². The SMILES string of the molecule is CCCCN1CC(=O)N(C)[C@@H](CC(C)C)C(=O)N[C@H](C(=O)N2CCCCC2)CC(=O)N(C)[C@@H](C)C(=O)N[C@@H](Cc2ccc(N(C)C)nc2)C(=O)N(C)[C@@H](CC(C)C)C(=O)N(C)[C@@H](Cc2ccccc2)C(=O)N[C@@H](CC(C)C)C(=O)N(C)[C@@H](C)C(=O)N(C)[C@@H](CC(C)C)C(=O)N[C@@H]([C@@H](C)O)C1=O. The summed E-state index contributed by atoms with van der Waals surface area (Å²) in [5, 5.41) is 22.7. The predicted octanol–water partition coefficient (Wildman–Crippen LogP) is 3.48. The van der Waals surface area contributed by atoms with Gasteiger partial charge in [-0.05, 0) is 113 Å². The fourth-order valence-corrected chi connectivity index (χ4v) is 12.6. The number of pyridine rings is 1. The van der Waals surface area contributed by atoms with Gasteiger partial charge in [0.15, 0.2) is 0 Å². The van der Waals surface area contributed by atoms with Crippen molar-refractivity contribution in [2.45, 2.75) is 227 Å². The molecule has 27 nitrogen and oxygen atoms in total. The van der Waals surface area contributed by atoms with E-state index in [0.29, 0.717) is 55.7 Å². The number of unbranched alkanes of at least 4 members (excludes halogenated alkanes) is 1. The lowest BCUT2D eigenvalue weighted by Crippen LogP contribution is -2.62. The van der Waals surface area contributed by atoms with Gasteiger partial charge in [-0.3, -0.25) is 57.5 Å². The number of aromatic nitrogens is 1. The predicted molar refractivity (Wildman–Crippen MR) is 387 cm³/mol. The third-order valence-electron chi connectivity index (χ3n) is 19.3. The summed E-state index contributed by atoms with van der Waals surface area (Å²) < 4.78 is 0. The van der Waals surface area contributed by atoms with E-state index in [0.717, 1.165) is 11.3 Å². The van der Waals surface area contributed by atoms with Crippen LogP contribution in [0.5, 0.6) is 0 Å². The number of carbonyl (C=O) groups is 12. The number of nitrogens with one attached hydrogen (secondary N) is 4. The molecule has 2 saturated heterocycles. The average Bonchev–Trinajstić information content (AvgIpc) is 0.819. The molecule has 101 heavy (non-hydrogen) atoms. The van der Waals surface area contributed by atoms with E-state index >= 15 is 19.2 Å². The second kappa shape index (κ2) is 39.8. The first-order valence-electron chi connectivity index (χ1n) is 36.0. The molecular formula is C74H120N14O13. The molecule has 5 N–H and O–H groups in total. The molecule has 0 unspecified atom stereocenters. The van der Waals surface area contributed by atoms with Crippen LogP contribution in [0.15, 0.2) is 48.7 Å². The Labute approximate surface area is 599 Å². The van der Waals surface area contributed by atoms with Gasteiger partial charge in [-0.25, -0.2) is 4.98 Å². The van der Waals surface area contributed by atoms with Crippen LogP contribution in [0, 0.1) is 23.7 Å². The van der Waals surface area contributed by atoms with Crippen LogP contribution in [-0.4, -0.2) is 269 Å². The van der Waals surface area contributed by atoms with Gasteiger partial charge in [0.05, 0.1) is 19.1 Å². The largest absolute Gasteiger partial charge is 0.391 e. The topological polar surface area (TPSA) is 315 Å². The Bertz CT molecular complexity index is 3120. The summed E-state index contributed by atoms with van der Waals surface area (Å²) >= 11 is 0. The van der Waals surface area contributed by atoms with Crippen LogP contribution in [0.3, 0.4) is 0 Å². The van der Waals surface area contributed by atoms with Gasteiger partial charge in [-0.15, -0.1) is 0 Å². The van der Waals surface area contributed by atoms with Crippen LogP contribution in [0.2, 0.25) is 0 Å². The van der Waals surface area contributed by atoms with E-state index in [-0.39, 0.29) is 68.7 Å². The monoisotopic (exact) mass is 1410 g/mol. The molecule has 0 radical (unpaired) electrons. The molecule has 3 heterocycles. The molecule has 2 fully saturated rings. The Balaban J connectivity index is 1.98. The van der Waals surface area contributed by atoms with Crippen LogP contribution in [0.4, 0.5) is 5.82 Å². The minimum atomic E-state index is -1.64. The number of aliphatic hydroxyl groups excluding tert-OH is 1. The smallest absolute Gasteiger partial charge is 0.248 e. The Morgan fingerprint density at radius 2 is 1.04 bits per heavy atom. The summed E-state index contributed by atoms with van der Waals surface area (Å²) in [6.07, 6.45) is 2.73. The quantitative estimate of drug-likeness (QED) is 0.143. The Hall–Kier alpha value is -8.23. The number of hydrogen-bond acceptors (Lipinski definition) is 15. The van der Waals surface area contributed by atoms with Gasteiger partial charge in [-0.1, -0.05) is 105 Å². The Morgan fingerprint density at radius 1 is 0.525 bits per heavy atom. The zero-order chi connectivity index (χ0) is 76.0. The van der Waals surface area contributed by atoms with Crippen LogP contribution < -0.4 is 26.2 Å². The summed E-state index contributed by atoms with van der Waals surface area (Å²) in [6.45, 7) is 21.0. The van der Waals surface area contributed by atoms with Crippen molar-refractivity contribution < 1.29 is 62.6 Å². The van der Waals surface area contributed by atoms with E-state index in [1.165, 1.54) is 92.5 Å². The highest BCUT2D eigenvalue weighted by Gasteiger charge is 2.43. The molecule has 564 valence electrons. The lowest BCUT2D eigenvalue weighted by Gasteiger charge is -2.38. The van der Waals surface area contributed by atoms with E-state index in [2.05, 4.69) is 26.3 Å². The zero-order valence-electron chi connectivity index (χ0n) is 63.9. The van der Waals surface area contributed by atoms with Crippen molar-refractivity contribution in [3.05, 3.63) is 59.8 Å². The van der Waals surface area contributed by atoms with Gasteiger partial charge >= 0.3 is 0 Å². The maximum atomic E-state index is 15.5. The highest BCUT2D eigenvalue weighted by Crippen LogP contribution is 2.24. The average molecular weight is 1410 g/mol. The van der Waals surface area contributed by atoms with E-state index in [1.54, 1.807) is 58.5 Å². The highest BCUT2D eigenvalue weighted by atomic mass is 16.3. The molecule has 12 amide bonds. The minimum absolute atomic E-state index is 0.00488. The van der Waals surface area contributed by atoms with Crippen molar-refractivity contribution in [1.29, 1.82) is 0 Å². The normalized spacial score (nSPS) is 24.9. The molecule has 1 aromatic carbocycles. The molecule has 0 aliphatic carbocycles. The summed E-state index contributed by atoms with van der Waals surface area (Å²) in [4.78, 5) is 196. The first kappa shape index (κ1) is 85.2. The number of rotatable bonds is 18. The standard InChI is InChI=1S/C74H120N14O13/c1-21-22-33-88-44-63(91)83(17)57(37-46(4)5)66(93)78-56(72(99)87-34-27-24-28-35-87)42-62(90)81(15)49(10)65(92)76-55(40-53-31-32-61(75-43-53)80(13)14)71(98)86(20)60(39-48(8)9)73(100)85(19)59(41-52-29-25-23-26-30-52)67(94)77-54(36-45(2)3)70(97)82(16)50(11)69(96)84(18)58(38-47(6)7)68(95)79-64(51(12)89)74(88)101/h23,25-26,29-32,43,45-51,54-60,64,89H,21-22,24,27-28,33-42,44H2,1-20H3,(H,76,92)(H,77,94)(H,78,93)(H,79,95)/t49-,50-,51+,54-,55-,56-,57-,58-,59-,60-,64-/m0/s1. The molecule has 0 spiro atoms. The molecule has 4 rings (SSSR count). The van der Waals surface area contributed by atoms with Gasteiger partial charge in [0.25, 0.3) is 0 Å². The van der Waals surface area contributed by atoms with Crippen LogP contribution in [-0.2, 0) is 70.4 Å². The van der Waals surface area contributed by atoms with E-state index in [9.17, 15) is 43.5 Å². The maximum Gasteiger partial charge on any atom is 0.248 e. The summed E-state index contributed by atoms with van der Waals surface area (Å²) in [6, 6.07) is -0.961. The van der Waals surface area contributed by atoms with Crippen LogP contribution in [0.25, 0.3) is 0 Å². The second-order valence-corrected chi connectivity index (χ2v) is 29.7. The second-order valence-electron chi connectivity index (χ2n) is 29.7. The number of carbonyl (C=O) groups excluding carboxylic acids is 12. The Kier molecular flexibility index (Phi) is 33.6. The molecule has 0 saturated carbocycles. The zero-order valence-corrected chi connectivity index (χ0v) is 63.9. The number of hydrogen-bond donors (Lipinski definition) is 5. The van der Waals surface area contributed by atoms with Crippen molar-refractivity contribution >= 4 is 76.7 Å². The van der Waals surface area contributed by atoms with E-state index in [1.807, 2.05) is 76.4 Å². The fourth-order valence-electron chi connectivity index (χ4n) is 12.6. The van der Waals surface area contributed by atoms with Gasteiger partial charge < -0.3 is 70.5 Å². The van der Waals surface area contributed by atoms with Crippen molar-refractivity contribution in [2.24, 2.45) is 23.7 Å². The molecule has 1 aromatic heterocycles. The number of benzene rings is 1. The van der Waals surface area contributed by atoms with Crippen molar-refractivity contribution in [1.82, 2.24) is 65.5 Å². The van der Waals surface area contributed by atoms with Gasteiger partial charge in [0.1, 0.15) is 66.2 Å². The van der Waals surface area contributed by atoms with Gasteiger partial charge in [0, 0.05) is 95.1 Å². The number of likely N-dealkylation sites (tertiary alicyclic amines) is 1. The number of piperidine rings is 1. The lowest BCUT2D eigenvalue weighted by atomic mass is 9.97. The summed E-state index contributed by atoms with van der Waals surface area (Å²) in [5.41, 5.74) is 1.20. The lowest BCUT2D eigenvalue weighted by molar-refractivity contribution is -0.151. The first-order valence-corrected chi connectivity index (χ1v) is 36.0. The van der Waals surface area contributed by atoms with Crippen molar-refractivity contribution in [2.75, 3.05) is 87.5 Å². The molecule has 2 aliphatic rings. The first-order chi connectivity index (χ1) is 47.3. The van der Waals surface area contributed by atoms with E-state index < -0.39 is 150 Å². The molecular weight excluding hydrogens is 1290 g/mol. The number of anilines is 1. The molecule has 11 atom stereocenters. The van der Waals surface area contributed by atoms with Gasteiger partial charge in [0.2, 0.25) is 70.9 Å². The summed E-state index contributed by atoms with van der Waals surface area (Å²) in [7, 11) is 12.1. The number of aliphatic hydroxyl groups is 1. The van der Waals surface area contributed by atoms with Crippen molar-refractivity contribution in [3.63, 3.8) is 0 Å². The summed E-state index contributed by atoms with van der Waals surface area (Å²) in [5.74, 6) is -8.77. The van der Waals surface area contributed by atoms with Gasteiger partial charge in [-0.2, -0.15) is 0 Å². The van der Waals surface area contributed by atoms with Crippen LogP contribution in [0.1, 0.15) is 158 Å². The molecule has 2 aliphatic heterocycles. The number of nitrogens with zero attached hydrogens (tertiary/aromatic N) is 10. The molecule has 0 bridgehead atoms. The third-order valence-corrected chi connectivity index (χ3v) is 19.3. The van der Waals surface area contributed by atoms with Crippen LogP contribution >= 0.6 is 0 Å². The minimum Gasteiger partial charge on any atom is -0.391 e. The molecule has 2 aromatic rings.